The molecule has 1 amide bonds. The molecule has 124 valence electrons. The summed E-state index contributed by atoms with van der Waals surface area (Å²) in [7, 11) is 0. The van der Waals surface area contributed by atoms with Crippen LogP contribution in [-0.4, -0.2) is 33.8 Å². The zero-order valence-electron chi connectivity index (χ0n) is 13.9. The molecule has 2 unspecified atom stereocenters. The topological polar surface area (TPSA) is 49.8 Å². The van der Waals surface area contributed by atoms with Crippen LogP contribution in [-0.2, 0) is 11.3 Å². The smallest absolute Gasteiger partial charge is 0.410 e. The van der Waals surface area contributed by atoms with E-state index >= 15 is 0 Å². The highest BCUT2D eigenvalue weighted by molar-refractivity contribution is 5.69. The van der Waals surface area contributed by atoms with Crippen LogP contribution < -0.4 is 0 Å². The van der Waals surface area contributed by atoms with Crippen molar-refractivity contribution in [3.8, 4) is 0 Å². The largest absolute Gasteiger partial charge is 0.445 e. The van der Waals surface area contributed by atoms with E-state index in [9.17, 15) is 9.90 Å². The molecule has 3 rings (SSSR count). The lowest BCUT2D eigenvalue weighted by molar-refractivity contribution is -0.0252. The highest BCUT2D eigenvalue weighted by atomic mass is 16.6. The summed E-state index contributed by atoms with van der Waals surface area (Å²) < 4.78 is 5.49. The van der Waals surface area contributed by atoms with Crippen molar-refractivity contribution in [2.24, 2.45) is 0 Å². The summed E-state index contributed by atoms with van der Waals surface area (Å²) in [6.07, 6.45) is 4.85. The number of amides is 1. The second-order valence-electron chi connectivity index (χ2n) is 6.74. The lowest BCUT2D eigenvalue weighted by Gasteiger charge is -2.43. The second kappa shape index (κ2) is 6.36. The molecule has 0 radical (unpaired) electrons. The van der Waals surface area contributed by atoms with Gasteiger partial charge in [-0.1, -0.05) is 36.4 Å². The molecule has 2 bridgehead atoms. The van der Waals surface area contributed by atoms with Crippen LogP contribution >= 0.6 is 0 Å². The van der Waals surface area contributed by atoms with Crippen molar-refractivity contribution < 1.29 is 14.6 Å². The van der Waals surface area contributed by atoms with Crippen LogP contribution in [0.25, 0.3) is 0 Å². The van der Waals surface area contributed by atoms with Crippen LogP contribution in [0.4, 0.5) is 4.79 Å². The highest BCUT2D eigenvalue weighted by Gasteiger charge is 2.50. The van der Waals surface area contributed by atoms with Gasteiger partial charge in [0.25, 0.3) is 0 Å². The summed E-state index contributed by atoms with van der Waals surface area (Å²) in [4.78, 5) is 14.4. The summed E-state index contributed by atoms with van der Waals surface area (Å²) in [5, 5.41) is 10.9. The Morgan fingerprint density at radius 1 is 1.30 bits per heavy atom. The molecule has 1 aromatic rings. The number of nitrogens with zero attached hydrogens (tertiary/aromatic N) is 1. The Labute approximate surface area is 137 Å². The second-order valence-corrected chi connectivity index (χ2v) is 6.74. The molecule has 1 aromatic carbocycles. The van der Waals surface area contributed by atoms with Gasteiger partial charge in [-0.25, -0.2) is 4.79 Å². The third-order valence-electron chi connectivity index (χ3n) is 5.35. The van der Waals surface area contributed by atoms with Gasteiger partial charge in [0.05, 0.1) is 5.60 Å². The van der Waals surface area contributed by atoms with Gasteiger partial charge in [0, 0.05) is 24.9 Å². The van der Waals surface area contributed by atoms with E-state index in [1.807, 2.05) is 55.2 Å². The van der Waals surface area contributed by atoms with Gasteiger partial charge >= 0.3 is 6.09 Å². The lowest BCUT2D eigenvalue weighted by atomic mass is 9.81. The van der Waals surface area contributed by atoms with Crippen molar-refractivity contribution >= 4 is 6.09 Å². The van der Waals surface area contributed by atoms with Crippen LogP contribution in [0.5, 0.6) is 0 Å². The molecule has 0 aliphatic carbocycles. The number of carbonyl (C=O) groups is 1. The molecule has 0 aromatic heterocycles. The number of hydrogen-bond donors (Lipinski definition) is 1. The molecule has 0 spiro atoms. The van der Waals surface area contributed by atoms with E-state index < -0.39 is 5.60 Å². The number of fused-ring (bicyclic) bond motifs is 2. The van der Waals surface area contributed by atoms with Gasteiger partial charge in [0.15, 0.2) is 0 Å². The average molecular weight is 315 g/mol. The van der Waals surface area contributed by atoms with E-state index in [1.54, 1.807) is 0 Å². The minimum Gasteiger partial charge on any atom is -0.445 e. The summed E-state index contributed by atoms with van der Waals surface area (Å²) >= 11 is 0. The third-order valence-corrected chi connectivity index (χ3v) is 5.35. The first-order valence-electron chi connectivity index (χ1n) is 8.38. The first kappa shape index (κ1) is 16.1. The van der Waals surface area contributed by atoms with Crippen LogP contribution in [0.15, 0.2) is 42.0 Å². The monoisotopic (exact) mass is 315 g/mol. The molecule has 2 atom stereocenters. The number of hydrogen-bond acceptors (Lipinski definition) is 3. The highest BCUT2D eigenvalue weighted by Crippen LogP contribution is 2.44. The molecule has 2 aliphatic heterocycles. The predicted molar refractivity (Wildman–Crippen MR) is 88.9 cm³/mol. The number of carbonyl (C=O) groups excluding carboxylic acids is 1. The fourth-order valence-electron chi connectivity index (χ4n) is 3.91. The maximum Gasteiger partial charge on any atom is 0.410 e. The Bertz CT molecular complexity index is 582. The quantitative estimate of drug-likeness (QED) is 0.866. The molecular weight excluding hydrogens is 290 g/mol. The SMILES string of the molecule is CC=C(C)C1(O)CC2CCC(C1)N2C(=O)OCc1ccccc1. The van der Waals surface area contributed by atoms with Crippen molar-refractivity contribution in [1.29, 1.82) is 0 Å². The number of allylic oxidation sites excluding steroid dienone is 1. The normalized spacial score (nSPS) is 30.4. The van der Waals surface area contributed by atoms with Gasteiger partial charge in [-0.05, 0) is 37.8 Å². The first-order valence-corrected chi connectivity index (χ1v) is 8.38. The van der Waals surface area contributed by atoms with Crippen LogP contribution in [0.2, 0.25) is 0 Å². The van der Waals surface area contributed by atoms with Gasteiger partial charge in [0.1, 0.15) is 6.61 Å². The fourth-order valence-corrected chi connectivity index (χ4v) is 3.91. The minimum absolute atomic E-state index is 0.0805. The summed E-state index contributed by atoms with van der Waals surface area (Å²) in [5.41, 5.74) is 1.23. The molecule has 2 saturated heterocycles. The number of aliphatic hydroxyl groups is 1. The minimum atomic E-state index is -0.767. The molecule has 4 nitrogen and oxygen atoms in total. The summed E-state index contributed by atoms with van der Waals surface area (Å²) in [5.74, 6) is 0. The molecule has 2 heterocycles. The summed E-state index contributed by atoms with van der Waals surface area (Å²) in [6.45, 7) is 4.23. The maximum atomic E-state index is 12.5. The maximum absolute atomic E-state index is 12.5. The molecular formula is C19H25NO3. The third kappa shape index (κ3) is 3.13. The predicted octanol–water partition coefficient (Wildman–Crippen LogP) is 3.65. The average Bonchev–Trinajstić information content (AvgIpc) is 2.85. The van der Waals surface area contributed by atoms with Crippen molar-refractivity contribution in [3.05, 3.63) is 47.5 Å². The molecule has 2 aliphatic rings. The van der Waals surface area contributed by atoms with Crippen LogP contribution in [0, 0.1) is 0 Å². The number of piperidine rings is 1. The molecule has 0 saturated carbocycles. The zero-order chi connectivity index (χ0) is 16.4. The Morgan fingerprint density at radius 2 is 1.91 bits per heavy atom. The van der Waals surface area contributed by atoms with E-state index in [-0.39, 0.29) is 18.2 Å². The Morgan fingerprint density at radius 3 is 2.48 bits per heavy atom. The van der Waals surface area contributed by atoms with Crippen molar-refractivity contribution in [2.45, 2.75) is 63.8 Å². The Balaban J connectivity index is 1.65. The fraction of sp³-hybridized carbons (Fsp3) is 0.526. The van der Waals surface area contributed by atoms with Crippen LogP contribution in [0.3, 0.4) is 0 Å². The van der Waals surface area contributed by atoms with E-state index in [2.05, 4.69) is 0 Å². The van der Waals surface area contributed by atoms with Gasteiger partial charge in [-0.2, -0.15) is 0 Å². The Kier molecular flexibility index (Phi) is 4.44. The molecule has 1 N–H and O–H groups in total. The van der Waals surface area contributed by atoms with Gasteiger partial charge in [0.2, 0.25) is 0 Å². The zero-order valence-corrected chi connectivity index (χ0v) is 13.9. The van der Waals surface area contributed by atoms with Gasteiger partial charge in [-0.15, -0.1) is 0 Å². The van der Waals surface area contributed by atoms with Gasteiger partial charge in [-0.3, -0.25) is 0 Å². The van der Waals surface area contributed by atoms with E-state index in [1.165, 1.54) is 0 Å². The van der Waals surface area contributed by atoms with Gasteiger partial charge < -0.3 is 14.7 Å². The van der Waals surface area contributed by atoms with E-state index in [0.29, 0.717) is 19.4 Å². The van der Waals surface area contributed by atoms with Crippen molar-refractivity contribution in [3.63, 3.8) is 0 Å². The van der Waals surface area contributed by atoms with Crippen molar-refractivity contribution in [1.82, 2.24) is 4.90 Å². The lowest BCUT2D eigenvalue weighted by Crippen LogP contribution is -2.53. The number of rotatable bonds is 3. The summed E-state index contributed by atoms with van der Waals surface area (Å²) in [6, 6.07) is 9.88. The van der Waals surface area contributed by atoms with Crippen molar-refractivity contribution in [2.75, 3.05) is 0 Å². The number of ether oxygens (including phenoxy) is 1. The molecule has 2 fully saturated rings. The standard InChI is InChI=1S/C19H25NO3/c1-3-14(2)19(22)11-16-9-10-17(12-19)20(16)18(21)23-13-15-7-5-4-6-8-15/h3-8,16-17,22H,9-13H2,1-2H3. The molecule has 4 heteroatoms. The van der Waals surface area contributed by atoms with E-state index in [0.717, 1.165) is 24.0 Å². The first-order chi connectivity index (χ1) is 11.0. The molecule has 23 heavy (non-hydrogen) atoms. The van der Waals surface area contributed by atoms with Crippen LogP contribution in [0.1, 0.15) is 45.1 Å². The van der Waals surface area contributed by atoms with E-state index in [4.69, 9.17) is 4.74 Å². The number of benzene rings is 1. The Hall–Kier alpha value is -1.81.